The van der Waals surface area contributed by atoms with Crippen LogP contribution < -0.4 is 10.6 Å². The Labute approximate surface area is 195 Å². The topological polar surface area (TPSA) is 78.5 Å². The average Bonchev–Trinajstić information content (AvgIpc) is 3.18. The standard InChI is InChI=1S/C23H23Cl2FN6/c1-13(2)12-27-23-31-21(28-15-8-6-14(11-26)7-9-15)20-22(32-23)30-19(29-20)10-16-17(24)4-3-5-18(16)25/h3-9,13H,10-12H2,1-2H3,(H3,27,28,29,30,31,32). The molecule has 6 nitrogen and oxygen atoms in total. The Hall–Kier alpha value is -2.90. The predicted octanol–water partition coefficient (Wildman–Crippen LogP) is 6.53. The van der Waals surface area contributed by atoms with E-state index in [0.717, 1.165) is 17.8 Å². The van der Waals surface area contributed by atoms with Crippen molar-refractivity contribution in [2.75, 3.05) is 17.2 Å². The second-order valence-electron chi connectivity index (χ2n) is 7.89. The van der Waals surface area contributed by atoms with Gasteiger partial charge in [-0.2, -0.15) is 9.97 Å². The van der Waals surface area contributed by atoms with Crippen molar-refractivity contribution in [2.24, 2.45) is 5.92 Å². The number of imidazole rings is 1. The molecule has 2 aromatic heterocycles. The number of aromatic nitrogens is 4. The van der Waals surface area contributed by atoms with Crippen molar-refractivity contribution < 1.29 is 4.39 Å². The summed E-state index contributed by atoms with van der Waals surface area (Å²) in [5, 5.41) is 7.70. The summed E-state index contributed by atoms with van der Waals surface area (Å²) < 4.78 is 12.9. The summed E-state index contributed by atoms with van der Waals surface area (Å²) in [6.45, 7) is 4.44. The highest BCUT2D eigenvalue weighted by molar-refractivity contribution is 6.36. The Kier molecular flexibility index (Phi) is 6.77. The number of hydrogen-bond acceptors (Lipinski definition) is 5. The molecule has 9 heteroatoms. The van der Waals surface area contributed by atoms with Crippen LogP contribution in [0.3, 0.4) is 0 Å². The third kappa shape index (κ3) is 5.11. The number of nitrogens with one attached hydrogen (secondary N) is 3. The minimum absolute atomic E-state index is 0.425. The summed E-state index contributed by atoms with van der Waals surface area (Å²) in [5.74, 6) is 2.14. The molecule has 0 fully saturated rings. The van der Waals surface area contributed by atoms with Crippen LogP contribution in [0.15, 0.2) is 42.5 Å². The van der Waals surface area contributed by atoms with Crippen LogP contribution in [-0.4, -0.2) is 26.5 Å². The molecule has 0 bridgehead atoms. The fraction of sp³-hybridized carbons (Fsp3) is 0.261. The van der Waals surface area contributed by atoms with Gasteiger partial charge >= 0.3 is 0 Å². The molecule has 0 unspecified atom stereocenters. The number of H-pyrrole nitrogens is 1. The second-order valence-corrected chi connectivity index (χ2v) is 8.70. The van der Waals surface area contributed by atoms with Gasteiger partial charge in [0.1, 0.15) is 18.0 Å². The normalized spacial score (nSPS) is 11.3. The van der Waals surface area contributed by atoms with E-state index >= 15 is 0 Å². The Morgan fingerprint density at radius 1 is 1.00 bits per heavy atom. The SMILES string of the molecule is CC(C)CNc1nc(Nc2ccc(CF)cc2)c2[nH]c(Cc3c(Cl)cccc3Cl)nc2n1. The third-order valence-electron chi connectivity index (χ3n) is 4.85. The molecule has 0 saturated carbocycles. The molecule has 3 N–H and O–H groups in total. The Bertz CT molecular complexity index is 1200. The second kappa shape index (κ2) is 9.71. The summed E-state index contributed by atoms with van der Waals surface area (Å²) in [5.41, 5.74) is 3.36. The van der Waals surface area contributed by atoms with Crippen molar-refractivity contribution in [1.82, 2.24) is 19.9 Å². The molecule has 2 aromatic carbocycles. The number of nitrogens with zero attached hydrogens (tertiary/aromatic N) is 3. The van der Waals surface area contributed by atoms with Crippen molar-refractivity contribution in [3.05, 3.63) is 69.5 Å². The molecule has 2 heterocycles. The highest BCUT2D eigenvalue weighted by Crippen LogP contribution is 2.29. The zero-order chi connectivity index (χ0) is 22.7. The molecule has 0 aliphatic heterocycles. The fourth-order valence-electron chi connectivity index (χ4n) is 3.18. The van der Waals surface area contributed by atoms with Crippen molar-refractivity contribution >= 4 is 51.8 Å². The quantitative estimate of drug-likeness (QED) is 0.271. The van der Waals surface area contributed by atoms with Crippen molar-refractivity contribution in [2.45, 2.75) is 26.9 Å². The van der Waals surface area contributed by atoms with Crippen LogP contribution in [0.5, 0.6) is 0 Å². The van der Waals surface area contributed by atoms with Gasteiger partial charge in [0.15, 0.2) is 11.5 Å². The molecule has 32 heavy (non-hydrogen) atoms. The van der Waals surface area contributed by atoms with Gasteiger partial charge in [0.25, 0.3) is 0 Å². The van der Waals surface area contributed by atoms with E-state index in [1.165, 1.54) is 0 Å². The summed E-state index contributed by atoms with van der Waals surface area (Å²) >= 11 is 12.7. The molecular formula is C23H23Cl2FN6. The summed E-state index contributed by atoms with van der Waals surface area (Å²) in [6, 6.07) is 12.5. The van der Waals surface area contributed by atoms with Gasteiger partial charge in [-0.15, -0.1) is 0 Å². The van der Waals surface area contributed by atoms with Crippen molar-refractivity contribution in [3.63, 3.8) is 0 Å². The molecular weight excluding hydrogens is 450 g/mol. The lowest BCUT2D eigenvalue weighted by Crippen LogP contribution is -2.11. The minimum atomic E-state index is -0.504. The van der Waals surface area contributed by atoms with E-state index < -0.39 is 6.67 Å². The summed E-state index contributed by atoms with van der Waals surface area (Å²) in [7, 11) is 0. The number of halogens is 3. The van der Waals surface area contributed by atoms with Gasteiger partial charge in [0.05, 0.1) is 0 Å². The first-order valence-corrected chi connectivity index (χ1v) is 11.0. The van der Waals surface area contributed by atoms with E-state index in [9.17, 15) is 4.39 Å². The van der Waals surface area contributed by atoms with Gasteiger partial charge in [-0.25, -0.2) is 9.37 Å². The maximum Gasteiger partial charge on any atom is 0.226 e. The third-order valence-corrected chi connectivity index (χ3v) is 5.55. The van der Waals surface area contributed by atoms with Crippen LogP contribution in [0, 0.1) is 5.92 Å². The molecule has 0 atom stereocenters. The van der Waals surface area contributed by atoms with E-state index in [1.54, 1.807) is 30.3 Å². The highest BCUT2D eigenvalue weighted by atomic mass is 35.5. The van der Waals surface area contributed by atoms with Crippen LogP contribution in [0.4, 0.5) is 21.8 Å². The average molecular weight is 473 g/mol. The Morgan fingerprint density at radius 2 is 1.72 bits per heavy atom. The zero-order valence-electron chi connectivity index (χ0n) is 17.7. The number of anilines is 3. The number of benzene rings is 2. The summed E-state index contributed by atoms with van der Waals surface area (Å²) in [6.07, 6.45) is 0.425. The first-order chi connectivity index (χ1) is 15.4. The minimum Gasteiger partial charge on any atom is -0.354 e. The van der Waals surface area contributed by atoms with E-state index in [1.807, 2.05) is 12.1 Å². The van der Waals surface area contributed by atoms with Gasteiger partial charge < -0.3 is 15.6 Å². The number of rotatable bonds is 8. The highest BCUT2D eigenvalue weighted by Gasteiger charge is 2.16. The molecule has 0 saturated heterocycles. The molecule has 166 valence electrons. The van der Waals surface area contributed by atoms with E-state index in [-0.39, 0.29) is 0 Å². The zero-order valence-corrected chi connectivity index (χ0v) is 19.2. The number of hydrogen-bond donors (Lipinski definition) is 3. The van der Waals surface area contributed by atoms with E-state index in [2.05, 4.69) is 44.4 Å². The smallest absolute Gasteiger partial charge is 0.226 e. The van der Waals surface area contributed by atoms with Crippen LogP contribution in [-0.2, 0) is 13.1 Å². The number of aromatic amines is 1. The van der Waals surface area contributed by atoms with Crippen LogP contribution in [0.2, 0.25) is 10.0 Å². The monoisotopic (exact) mass is 472 g/mol. The molecule has 0 aliphatic carbocycles. The molecule has 0 spiro atoms. The predicted molar refractivity (Wildman–Crippen MR) is 129 cm³/mol. The van der Waals surface area contributed by atoms with Gasteiger partial charge in [0, 0.05) is 28.7 Å². The first-order valence-electron chi connectivity index (χ1n) is 10.3. The molecule has 0 aliphatic rings. The number of fused-ring (bicyclic) bond motifs is 1. The van der Waals surface area contributed by atoms with Crippen LogP contribution in [0.25, 0.3) is 11.2 Å². The lowest BCUT2D eigenvalue weighted by Gasteiger charge is -2.11. The van der Waals surface area contributed by atoms with Crippen LogP contribution >= 0.6 is 23.2 Å². The van der Waals surface area contributed by atoms with Crippen LogP contribution in [0.1, 0.15) is 30.8 Å². The van der Waals surface area contributed by atoms with E-state index in [4.69, 9.17) is 23.2 Å². The van der Waals surface area contributed by atoms with Crippen molar-refractivity contribution in [1.29, 1.82) is 0 Å². The largest absolute Gasteiger partial charge is 0.354 e. The Morgan fingerprint density at radius 3 is 2.38 bits per heavy atom. The van der Waals surface area contributed by atoms with Gasteiger partial charge in [0.2, 0.25) is 5.95 Å². The lowest BCUT2D eigenvalue weighted by molar-refractivity contribution is 0.485. The van der Waals surface area contributed by atoms with Crippen molar-refractivity contribution in [3.8, 4) is 0 Å². The summed E-state index contributed by atoms with van der Waals surface area (Å²) in [4.78, 5) is 17.2. The van der Waals surface area contributed by atoms with E-state index in [0.29, 0.717) is 56.7 Å². The number of alkyl halides is 1. The van der Waals surface area contributed by atoms with Gasteiger partial charge in [-0.3, -0.25) is 0 Å². The Balaban J connectivity index is 1.71. The van der Waals surface area contributed by atoms with Gasteiger partial charge in [-0.05, 0) is 41.3 Å². The maximum atomic E-state index is 12.9. The van der Waals surface area contributed by atoms with Gasteiger partial charge in [-0.1, -0.05) is 55.2 Å². The molecule has 0 amide bonds. The first kappa shape index (κ1) is 22.3. The molecule has 0 radical (unpaired) electrons. The fourth-order valence-corrected chi connectivity index (χ4v) is 3.71. The lowest BCUT2D eigenvalue weighted by atomic mass is 10.1. The molecule has 4 aromatic rings. The molecule has 4 rings (SSSR count). The maximum absolute atomic E-state index is 12.9.